The number of nitrogens with zero attached hydrogens (tertiary/aromatic N) is 1. The molecule has 0 aliphatic carbocycles. The quantitative estimate of drug-likeness (QED) is 0.770. The first-order valence-corrected chi connectivity index (χ1v) is 5.35. The summed E-state index contributed by atoms with van der Waals surface area (Å²) in [5, 5.41) is 2.73. The second-order valence-electron chi connectivity index (χ2n) is 4.08. The second-order valence-corrected chi connectivity index (χ2v) is 4.08. The fourth-order valence-corrected chi connectivity index (χ4v) is 1.75. The van der Waals surface area contributed by atoms with Crippen LogP contribution >= 0.6 is 0 Å². The summed E-state index contributed by atoms with van der Waals surface area (Å²) in [6, 6.07) is 3.44. The molecule has 4 nitrogen and oxygen atoms in total. The molecule has 4 heteroatoms. The number of hydrogen-bond acceptors (Lipinski definition) is 2. The molecule has 1 fully saturated rings. The van der Waals surface area contributed by atoms with Gasteiger partial charge in [0, 0.05) is 19.2 Å². The number of rotatable bonds is 1. The van der Waals surface area contributed by atoms with E-state index in [1.807, 2.05) is 4.90 Å². The number of likely N-dealkylation sites (tertiary alicyclic amines) is 1. The van der Waals surface area contributed by atoms with Crippen LogP contribution in [0.2, 0.25) is 0 Å². The molecule has 0 aromatic carbocycles. The van der Waals surface area contributed by atoms with Gasteiger partial charge in [0.05, 0.1) is 6.26 Å². The number of carbonyl (C=O) groups excluding carboxylic acids is 1. The minimum atomic E-state index is -0.0585. The number of amides is 2. The summed E-state index contributed by atoms with van der Waals surface area (Å²) in [7, 11) is 0. The smallest absolute Gasteiger partial charge is 0.324 e. The van der Waals surface area contributed by atoms with Gasteiger partial charge in [-0.3, -0.25) is 5.32 Å². The van der Waals surface area contributed by atoms with Gasteiger partial charge in [-0.1, -0.05) is 6.92 Å². The molecule has 1 aliphatic heterocycles. The zero-order chi connectivity index (χ0) is 10.7. The maximum absolute atomic E-state index is 11.7. The van der Waals surface area contributed by atoms with Crippen LogP contribution in [0.3, 0.4) is 0 Å². The molecule has 1 aromatic rings. The topological polar surface area (TPSA) is 45.5 Å². The number of urea groups is 1. The number of hydrogen-bond donors (Lipinski definition) is 1. The van der Waals surface area contributed by atoms with Crippen molar-refractivity contribution in [3.63, 3.8) is 0 Å². The average molecular weight is 208 g/mol. The molecule has 0 spiro atoms. The van der Waals surface area contributed by atoms with E-state index < -0.39 is 0 Å². The Hall–Kier alpha value is -1.45. The lowest BCUT2D eigenvalue weighted by Gasteiger charge is -2.29. The molecule has 1 saturated heterocycles. The molecule has 0 bridgehead atoms. The number of anilines is 1. The summed E-state index contributed by atoms with van der Waals surface area (Å²) in [4.78, 5) is 13.6. The Morgan fingerprint density at radius 3 is 2.87 bits per heavy atom. The predicted octanol–water partition coefficient (Wildman–Crippen LogP) is 2.54. The zero-order valence-electron chi connectivity index (χ0n) is 8.90. The fourth-order valence-electron chi connectivity index (χ4n) is 1.75. The molecule has 0 radical (unpaired) electrons. The van der Waals surface area contributed by atoms with E-state index in [2.05, 4.69) is 12.2 Å². The van der Waals surface area contributed by atoms with Crippen molar-refractivity contribution in [2.24, 2.45) is 5.92 Å². The van der Waals surface area contributed by atoms with Crippen molar-refractivity contribution in [2.45, 2.75) is 19.8 Å². The van der Waals surface area contributed by atoms with Crippen molar-refractivity contribution in [1.29, 1.82) is 0 Å². The third-order valence-electron chi connectivity index (χ3n) is 2.82. The second kappa shape index (κ2) is 4.38. The van der Waals surface area contributed by atoms with E-state index in [0.29, 0.717) is 5.88 Å². The van der Waals surface area contributed by atoms with Crippen LogP contribution in [-0.2, 0) is 0 Å². The van der Waals surface area contributed by atoms with E-state index in [1.54, 1.807) is 18.4 Å². The molecule has 2 amide bonds. The van der Waals surface area contributed by atoms with Crippen LogP contribution in [0.4, 0.5) is 10.7 Å². The molecule has 0 atom stereocenters. The molecule has 1 N–H and O–H groups in total. The molecule has 82 valence electrons. The summed E-state index contributed by atoms with van der Waals surface area (Å²) < 4.78 is 5.06. The van der Waals surface area contributed by atoms with Crippen LogP contribution in [-0.4, -0.2) is 24.0 Å². The van der Waals surface area contributed by atoms with Gasteiger partial charge in [0.15, 0.2) is 0 Å². The summed E-state index contributed by atoms with van der Waals surface area (Å²) >= 11 is 0. The highest BCUT2D eigenvalue weighted by Gasteiger charge is 2.20. The first-order chi connectivity index (χ1) is 7.25. The van der Waals surface area contributed by atoms with Crippen molar-refractivity contribution in [3.8, 4) is 0 Å². The maximum Gasteiger partial charge on any atom is 0.324 e. The van der Waals surface area contributed by atoms with Crippen molar-refractivity contribution in [2.75, 3.05) is 18.4 Å². The zero-order valence-corrected chi connectivity index (χ0v) is 8.90. The standard InChI is InChI=1S/C11H16N2O2/c1-9-4-6-13(7-5-9)11(14)12-10-3-2-8-15-10/h2-3,8-9H,4-7H2,1H3,(H,12,14). The van der Waals surface area contributed by atoms with Crippen LogP contribution in [0.15, 0.2) is 22.8 Å². The Bertz CT molecular complexity index is 313. The highest BCUT2D eigenvalue weighted by molar-refractivity contribution is 5.87. The lowest BCUT2D eigenvalue weighted by Crippen LogP contribution is -2.40. The Kier molecular flexibility index (Phi) is 2.94. The first-order valence-electron chi connectivity index (χ1n) is 5.35. The summed E-state index contributed by atoms with van der Waals surface area (Å²) in [6.45, 7) is 3.91. The Balaban J connectivity index is 1.86. The third kappa shape index (κ3) is 2.52. The van der Waals surface area contributed by atoms with Crippen molar-refractivity contribution in [1.82, 2.24) is 4.90 Å². The van der Waals surface area contributed by atoms with E-state index in [1.165, 1.54) is 0 Å². The van der Waals surface area contributed by atoms with Gasteiger partial charge in [-0.25, -0.2) is 4.79 Å². The number of carbonyl (C=O) groups is 1. The monoisotopic (exact) mass is 208 g/mol. The number of furan rings is 1. The van der Waals surface area contributed by atoms with Gasteiger partial charge in [0.1, 0.15) is 0 Å². The summed E-state index contributed by atoms with van der Waals surface area (Å²) in [5.74, 6) is 1.25. The van der Waals surface area contributed by atoms with E-state index in [4.69, 9.17) is 4.42 Å². The normalized spacial score (nSPS) is 17.8. The Morgan fingerprint density at radius 1 is 1.53 bits per heavy atom. The van der Waals surface area contributed by atoms with Crippen molar-refractivity contribution < 1.29 is 9.21 Å². The molecular weight excluding hydrogens is 192 g/mol. The summed E-state index contributed by atoms with van der Waals surface area (Å²) in [6.07, 6.45) is 3.73. The molecule has 2 heterocycles. The molecule has 1 aromatic heterocycles. The third-order valence-corrected chi connectivity index (χ3v) is 2.82. The van der Waals surface area contributed by atoms with Crippen LogP contribution in [0.25, 0.3) is 0 Å². The lowest BCUT2D eigenvalue weighted by molar-refractivity contribution is 0.186. The van der Waals surface area contributed by atoms with Crippen molar-refractivity contribution >= 4 is 11.9 Å². The predicted molar refractivity (Wildman–Crippen MR) is 57.7 cm³/mol. The Labute approximate surface area is 89.2 Å². The van der Waals surface area contributed by atoms with E-state index in [9.17, 15) is 4.79 Å². The molecule has 15 heavy (non-hydrogen) atoms. The van der Waals surface area contributed by atoms with Crippen LogP contribution in [0, 0.1) is 5.92 Å². The van der Waals surface area contributed by atoms with Gasteiger partial charge < -0.3 is 9.32 Å². The highest BCUT2D eigenvalue weighted by atomic mass is 16.3. The minimum Gasteiger partial charge on any atom is -0.449 e. The average Bonchev–Trinajstić information content (AvgIpc) is 2.71. The van der Waals surface area contributed by atoms with E-state index in [0.717, 1.165) is 31.8 Å². The summed E-state index contributed by atoms with van der Waals surface area (Å²) in [5.41, 5.74) is 0. The van der Waals surface area contributed by atoms with Gasteiger partial charge in [0.25, 0.3) is 0 Å². The lowest BCUT2D eigenvalue weighted by atomic mass is 10.00. The van der Waals surface area contributed by atoms with Gasteiger partial charge in [-0.15, -0.1) is 0 Å². The maximum atomic E-state index is 11.7. The fraction of sp³-hybridized carbons (Fsp3) is 0.545. The number of piperidine rings is 1. The van der Waals surface area contributed by atoms with Gasteiger partial charge >= 0.3 is 6.03 Å². The molecule has 1 aliphatic rings. The molecular formula is C11H16N2O2. The van der Waals surface area contributed by atoms with Crippen molar-refractivity contribution in [3.05, 3.63) is 18.4 Å². The minimum absolute atomic E-state index is 0.0585. The van der Waals surface area contributed by atoms with Gasteiger partial charge in [0.2, 0.25) is 5.88 Å². The highest BCUT2D eigenvalue weighted by Crippen LogP contribution is 2.17. The van der Waals surface area contributed by atoms with E-state index >= 15 is 0 Å². The van der Waals surface area contributed by atoms with Crippen LogP contribution in [0.5, 0.6) is 0 Å². The van der Waals surface area contributed by atoms with Crippen LogP contribution < -0.4 is 5.32 Å². The van der Waals surface area contributed by atoms with Crippen LogP contribution in [0.1, 0.15) is 19.8 Å². The molecule has 0 saturated carbocycles. The first kappa shape index (κ1) is 10.1. The Morgan fingerprint density at radius 2 is 2.27 bits per heavy atom. The number of nitrogens with one attached hydrogen (secondary N) is 1. The largest absolute Gasteiger partial charge is 0.449 e. The SMILES string of the molecule is CC1CCN(C(=O)Nc2ccco2)CC1. The van der Waals surface area contributed by atoms with Gasteiger partial charge in [-0.05, 0) is 24.8 Å². The van der Waals surface area contributed by atoms with E-state index in [-0.39, 0.29) is 6.03 Å². The molecule has 2 rings (SSSR count). The molecule has 0 unspecified atom stereocenters. The van der Waals surface area contributed by atoms with Gasteiger partial charge in [-0.2, -0.15) is 0 Å².